The zero-order chi connectivity index (χ0) is 22.0. The van der Waals surface area contributed by atoms with E-state index < -0.39 is 29.8 Å². The van der Waals surface area contributed by atoms with Gasteiger partial charge in [-0.15, -0.1) is 0 Å². The van der Waals surface area contributed by atoms with E-state index in [0.717, 1.165) is 0 Å². The number of carbonyl (C=O) groups is 2. The Hall–Kier alpha value is -3.75. The van der Waals surface area contributed by atoms with Gasteiger partial charge in [-0.2, -0.15) is 0 Å². The molecule has 3 aromatic rings. The first-order chi connectivity index (χ1) is 15.0. The number of esters is 1. The molecule has 0 radical (unpaired) electrons. The zero-order valence-electron chi connectivity index (χ0n) is 16.7. The average Bonchev–Trinajstić information content (AvgIpc) is 3.21. The second kappa shape index (κ2) is 8.55. The van der Waals surface area contributed by atoms with Gasteiger partial charge in [0.25, 0.3) is 5.56 Å². The van der Waals surface area contributed by atoms with Gasteiger partial charge >= 0.3 is 5.97 Å². The van der Waals surface area contributed by atoms with Crippen LogP contribution in [0.15, 0.2) is 59.7 Å². The van der Waals surface area contributed by atoms with Crippen molar-refractivity contribution in [2.24, 2.45) is 0 Å². The molecule has 1 aliphatic heterocycles. The third-order valence-electron chi connectivity index (χ3n) is 5.22. The van der Waals surface area contributed by atoms with E-state index in [0.29, 0.717) is 10.9 Å². The minimum atomic E-state index is -0.890. The van der Waals surface area contributed by atoms with Crippen LogP contribution in [0.2, 0.25) is 0 Å². The molecule has 1 amide bonds. The molecule has 1 aliphatic rings. The molecule has 160 valence electrons. The molecule has 8 nitrogen and oxygen atoms in total. The summed E-state index contributed by atoms with van der Waals surface area (Å²) in [6, 6.07) is 11.9. The number of rotatable bonds is 5. The van der Waals surface area contributed by atoms with Gasteiger partial charge in [0, 0.05) is 6.42 Å². The predicted molar refractivity (Wildman–Crippen MR) is 109 cm³/mol. The van der Waals surface area contributed by atoms with E-state index in [-0.39, 0.29) is 30.8 Å². The lowest BCUT2D eigenvalue weighted by molar-refractivity contribution is -0.151. The van der Waals surface area contributed by atoms with Crippen molar-refractivity contribution in [2.45, 2.75) is 25.1 Å². The van der Waals surface area contributed by atoms with Crippen LogP contribution in [-0.2, 0) is 20.9 Å². The normalized spacial score (nSPS) is 18.2. The third-order valence-corrected chi connectivity index (χ3v) is 5.22. The van der Waals surface area contributed by atoms with E-state index in [4.69, 9.17) is 9.47 Å². The highest BCUT2D eigenvalue weighted by molar-refractivity contribution is 5.85. The van der Waals surface area contributed by atoms with Gasteiger partial charge in [-0.05, 0) is 24.3 Å². The Bertz CT molecular complexity index is 1190. The van der Waals surface area contributed by atoms with Crippen LogP contribution in [0.3, 0.4) is 0 Å². The summed E-state index contributed by atoms with van der Waals surface area (Å²) in [6.45, 7) is -0.237. The van der Waals surface area contributed by atoms with Crippen molar-refractivity contribution < 1.29 is 23.5 Å². The summed E-state index contributed by atoms with van der Waals surface area (Å²) in [5, 5.41) is 0.393. The maximum Gasteiger partial charge on any atom is 0.328 e. The van der Waals surface area contributed by atoms with Crippen LogP contribution in [0.1, 0.15) is 6.42 Å². The molecule has 4 rings (SSSR count). The molecule has 0 unspecified atom stereocenters. The number of likely N-dealkylation sites (tertiary alicyclic amines) is 1. The van der Waals surface area contributed by atoms with Gasteiger partial charge in [0.2, 0.25) is 5.91 Å². The molecule has 2 heterocycles. The molecule has 31 heavy (non-hydrogen) atoms. The van der Waals surface area contributed by atoms with Crippen molar-refractivity contribution in [3.63, 3.8) is 0 Å². The maximum atomic E-state index is 13.9. The number of amides is 1. The van der Waals surface area contributed by atoms with Gasteiger partial charge < -0.3 is 14.4 Å². The van der Waals surface area contributed by atoms with Crippen molar-refractivity contribution in [3.8, 4) is 5.75 Å². The number of fused-ring (bicyclic) bond motifs is 1. The smallest absolute Gasteiger partial charge is 0.328 e. The number of ether oxygens (including phenoxy) is 2. The van der Waals surface area contributed by atoms with Crippen LogP contribution in [0.25, 0.3) is 10.9 Å². The second-order valence-corrected chi connectivity index (χ2v) is 7.19. The fourth-order valence-electron chi connectivity index (χ4n) is 3.69. The largest absolute Gasteiger partial charge is 0.485 e. The predicted octanol–water partition coefficient (Wildman–Crippen LogP) is 1.76. The fourth-order valence-corrected chi connectivity index (χ4v) is 3.69. The van der Waals surface area contributed by atoms with E-state index >= 15 is 0 Å². The van der Waals surface area contributed by atoms with Gasteiger partial charge in [-0.25, -0.2) is 14.2 Å². The summed E-state index contributed by atoms with van der Waals surface area (Å²) < 4.78 is 25.6. The number of methoxy groups -OCH3 is 1. The number of halogens is 1. The number of carbonyl (C=O) groups excluding carboxylic acids is 2. The SMILES string of the molecule is COC(=O)[C@@H]1C[C@H](Oc2ccccc2F)CN1C(=O)Cn1cnc2ccccc2c1=O. The highest BCUT2D eigenvalue weighted by Crippen LogP contribution is 2.26. The summed E-state index contributed by atoms with van der Waals surface area (Å²) in [4.78, 5) is 43.5. The van der Waals surface area contributed by atoms with Gasteiger partial charge in [-0.3, -0.25) is 14.2 Å². The van der Waals surface area contributed by atoms with E-state index in [2.05, 4.69) is 4.98 Å². The van der Waals surface area contributed by atoms with Crippen LogP contribution >= 0.6 is 0 Å². The Labute approximate surface area is 176 Å². The molecular weight excluding hydrogens is 405 g/mol. The Kier molecular flexibility index (Phi) is 5.66. The Balaban J connectivity index is 1.55. The van der Waals surface area contributed by atoms with E-state index in [9.17, 15) is 18.8 Å². The topological polar surface area (TPSA) is 90.7 Å². The number of hydrogen-bond acceptors (Lipinski definition) is 6. The number of para-hydroxylation sites is 2. The molecule has 2 aromatic carbocycles. The monoisotopic (exact) mass is 425 g/mol. The molecule has 1 fully saturated rings. The average molecular weight is 425 g/mol. The number of nitrogens with zero attached hydrogens (tertiary/aromatic N) is 3. The Morgan fingerprint density at radius 2 is 1.90 bits per heavy atom. The lowest BCUT2D eigenvalue weighted by Gasteiger charge is -2.22. The van der Waals surface area contributed by atoms with Gasteiger partial charge in [0.05, 0.1) is 30.9 Å². The van der Waals surface area contributed by atoms with E-state index in [1.54, 1.807) is 36.4 Å². The van der Waals surface area contributed by atoms with E-state index in [1.165, 1.54) is 35.0 Å². The first kappa shape index (κ1) is 20.5. The molecule has 0 N–H and O–H groups in total. The molecule has 9 heteroatoms. The molecule has 0 spiro atoms. The van der Waals surface area contributed by atoms with Crippen molar-refractivity contribution in [3.05, 3.63) is 71.0 Å². The molecule has 1 saturated heterocycles. The molecular formula is C22H20FN3O5. The molecule has 0 aliphatic carbocycles. The summed E-state index contributed by atoms with van der Waals surface area (Å²) in [5.74, 6) is -1.55. The summed E-state index contributed by atoms with van der Waals surface area (Å²) in [6.07, 6.45) is 0.855. The van der Waals surface area contributed by atoms with Crippen LogP contribution < -0.4 is 10.3 Å². The molecule has 0 bridgehead atoms. The van der Waals surface area contributed by atoms with Crippen LogP contribution in [-0.4, -0.2) is 52.1 Å². The number of benzene rings is 2. The maximum absolute atomic E-state index is 13.9. The van der Waals surface area contributed by atoms with E-state index in [1.807, 2.05) is 0 Å². The molecule has 0 saturated carbocycles. The van der Waals surface area contributed by atoms with Crippen molar-refractivity contribution in [1.29, 1.82) is 0 Å². The van der Waals surface area contributed by atoms with Crippen LogP contribution in [0, 0.1) is 5.82 Å². The van der Waals surface area contributed by atoms with Crippen molar-refractivity contribution in [1.82, 2.24) is 14.5 Å². The standard InChI is InChI=1S/C22H20FN3O5/c1-30-22(29)18-10-14(31-19-9-5-3-7-16(19)23)11-26(18)20(27)12-25-13-24-17-8-4-2-6-15(17)21(25)28/h2-9,13-14,18H,10-12H2,1H3/t14-,18-/m0/s1. The highest BCUT2D eigenvalue weighted by atomic mass is 19.1. The minimum Gasteiger partial charge on any atom is -0.485 e. The second-order valence-electron chi connectivity index (χ2n) is 7.19. The quantitative estimate of drug-likeness (QED) is 0.579. The Morgan fingerprint density at radius 1 is 1.16 bits per heavy atom. The van der Waals surface area contributed by atoms with Gasteiger partial charge in [0.15, 0.2) is 11.6 Å². The van der Waals surface area contributed by atoms with Crippen molar-refractivity contribution in [2.75, 3.05) is 13.7 Å². The fraction of sp³-hybridized carbons (Fsp3) is 0.273. The van der Waals surface area contributed by atoms with Crippen LogP contribution in [0.5, 0.6) is 5.75 Å². The number of hydrogen-bond donors (Lipinski definition) is 0. The van der Waals surface area contributed by atoms with Crippen LogP contribution in [0.4, 0.5) is 4.39 Å². The zero-order valence-corrected chi connectivity index (χ0v) is 16.7. The van der Waals surface area contributed by atoms with Gasteiger partial charge in [-0.1, -0.05) is 24.3 Å². The summed E-state index contributed by atoms with van der Waals surface area (Å²) in [7, 11) is 1.23. The first-order valence-electron chi connectivity index (χ1n) is 9.70. The lowest BCUT2D eigenvalue weighted by atomic mass is 10.2. The number of aromatic nitrogens is 2. The summed E-state index contributed by atoms with van der Waals surface area (Å²) in [5.41, 5.74) is 0.176. The minimum absolute atomic E-state index is 0.0420. The summed E-state index contributed by atoms with van der Waals surface area (Å²) >= 11 is 0. The highest BCUT2D eigenvalue weighted by Gasteiger charge is 2.41. The van der Waals surface area contributed by atoms with Gasteiger partial charge in [0.1, 0.15) is 18.7 Å². The molecule has 1 aromatic heterocycles. The third kappa shape index (κ3) is 4.11. The first-order valence-corrected chi connectivity index (χ1v) is 9.70. The Morgan fingerprint density at radius 3 is 2.68 bits per heavy atom. The molecule has 2 atom stereocenters. The van der Waals surface area contributed by atoms with Crippen molar-refractivity contribution >= 4 is 22.8 Å². The lowest BCUT2D eigenvalue weighted by Crippen LogP contribution is -2.44.